The molecule has 0 fully saturated rings. The zero-order valence-electron chi connectivity index (χ0n) is 16.5. The molecule has 6 N–H and O–H groups in total. The van der Waals surface area contributed by atoms with E-state index in [1.807, 2.05) is 18.8 Å². The molecule has 0 radical (unpaired) electrons. The molecule has 3 atom stereocenters. The number of phosphoric ester groups is 1. The van der Waals surface area contributed by atoms with Crippen molar-refractivity contribution >= 4 is 18.9 Å². The van der Waals surface area contributed by atoms with Gasteiger partial charge in [-0.1, -0.05) is 0 Å². The van der Waals surface area contributed by atoms with Gasteiger partial charge in [0.2, 0.25) is 0 Å². The highest BCUT2D eigenvalue weighted by molar-refractivity contribution is 7.46. The average molecular weight is 462 g/mol. The largest absolute Gasteiger partial charge is 0.469 e. The van der Waals surface area contributed by atoms with Gasteiger partial charge in [0.1, 0.15) is 18.3 Å². The summed E-state index contributed by atoms with van der Waals surface area (Å²) in [5.74, 6) is -0.142. The molecule has 168 valence electrons. The zero-order valence-corrected chi connectivity index (χ0v) is 17.4. The summed E-state index contributed by atoms with van der Waals surface area (Å²) in [4.78, 5) is 51.5. The minimum Gasteiger partial charge on any atom is -0.388 e. The lowest BCUT2D eigenvalue weighted by atomic mass is 10.1. The number of benzene rings is 1. The van der Waals surface area contributed by atoms with Gasteiger partial charge in [-0.2, -0.15) is 4.98 Å². The molecule has 3 rings (SSSR count). The highest BCUT2D eigenvalue weighted by Gasteiger charge is 2.29. The number of fused-ring (bicyclic) bond motifs is 2. The van der Waals surface area contributed by atoms with Crippen molar-refractivity contribution in [3.8, 4) is 11.5 Å². The summed E-state index contributed by atoms with van der Waals surface area (Å²) in [5.41, 5.74) is 0.618. The van der Waals surface area contributed by atoms with E-state index in [0.717, 1.165) is 11.1 Å². The van der Waals surface area contributed by atoms with E-state index in [1.54, 1.807) is 12.1 Å². The first kappa shape index (κ1) is 23.2. The van der Waals surface area contributed by atoms with E-state index >= 15 is 0 Å². The number of H-pyrrole nitrogens is 1. The Labute approximate surface area is 174 Å². The Balaban J connectivity index is 2.06. The number of hydrogen-bond acceptors (Lipinski definition) is 9. The number of nitrogens with one attached hydrogen (secondary N) is 1. The van der Waals surface area contributed by atoms with Gasteiger partial charge in [0.05, 0.1) is 24.2 Å². The van der Waals surface area contributed by atoms with Gasteiger partial charge in [0, 0.05) is 0 Å². The number of hydrogen-bond donors (Lipinski definition) is 6. The first-order valence-electron chi connectivity index (χ1n) is 9.03. The molecule has 1 aromatic carbocycles. The molecule has 14 heteroatoms. The highest BCUT2D eigenvalue weighted by Crippen LogP contribution is 2.36. The monoisotopic (exact) mass is 462 g/mol. The summed E-state index contributed by atoms with van der Waals surface area (Å²) >= 11 is 0. The van der Waals surface area contributed by atoms with Crippen LogP contribution >= 0.6 is 7.82 Å². The van der Waals surface area contributed by atoms with Crippen LogP contribution in [0, 0.1) is 13.8 Å². The van der Waals surface area contributed by atoms with Gasteiger partial charge >= 0.3 is 13.5 Å². The van der Waals surface area contributed by atoms with Crippen LogP contribution in [-0.4, -0.2) is 69.5 Å². The SMILES string of the molecule is Cc1cc2n[13c]3[13c](=O)[15nH][13c](=O)[15n][13c]-3n(C[C@H](O)[C@H](O)[C@H](O)COP(=O)(O)O)c2cc1C. The second-order valence-corrected chi connectivity index (χ2v) is 8.34. The summed E-state index contributed by atoms with van der Waals surface area (Å²) in [7, 11) is -4.89. The molecule has 0 saturated carbocycles. The summed E-state index contributed by atoms with van der Waals surface area (Å²) in [6.07, 6.45) is -5.40. The van der Waals surface area contributed by atoms with Crippen LogP contribution in [0.5, 0.6) is 0 Å². The molecule has 0 spiro atoms. The zero-order chi connectivity index (χ0) is 23.1. The number of aromatic amines is 1. The van der Waals surface area contributed by atoms with Gasteiger partial charge < -0.3 is 29.7 Å². The quantitative estimate of drug-likeness (QED) is 0.174. The number of rotatable bonds is 7. The van der Waals surface area contributed by atoms with Crippen molar-refractivity contribution in [3.63, 3.8) is 0 Å². The molecule has 1 aromatic rings. The van der Waals surface area contributed by atoms with Crippen molar-refractivity contribution in [2.75, 3.05) is 6.61 Å². The summed E-state index contributed by atoms with van der Waals surface area (Å²) in [5, 5.41) is 30.5. The standard InChI is InChI=1S/C17H21N4O9P/c1-7-3-9-10(4-8(7)2)21(15-13(18-9)16(25)20-17(26)19-15)5-11(22)14(24)12(23)6-30-31(27,28)29/h3-4,11-12,14,22-24H,5-6H2,1-2H3,(H,20,25,26)(H2,27,28,29)/t11-,12+,14-/m0/s1/i13+1,15+1,16+1,17+1,19+1,20+1. The molecule has 2 heterocycles. The van der Waals surface area contributed by atoms with Gasteiger partial charge in [-0.3, -0.25) is 14.3 Å². The van der Waals surface area contributed by atoms with E-state index in [0.29, 0.717) is 11.0 Å². The van der Waals surface area contributed by atoms with E-state index in [4.69, 9.17) is 9.79 Å². The molecule has 0 unspecified atom stereocenters. The normalized spacial score (nSPS) is 15.3. The smallest absolute Gasteiger partial charge is 0.388 e. The molecule has 0 amide bonds. The molecule has 0 saturated heterocycles. The third kappa shape index (κ3) is 5.05. The second kappa shape index (κ2) is 8.55. The van der Waals surface area contributed by atoms with Gasteiger partial charge in [-0.05, 0) is 37.1 Å². The Morgan fingerprint density at radius 2 is 1.74 bits per heavy atom. The maximum absolute atomic E-state index is 12.2. The molecular formula is C17H21N4O9P. The van der Waals surface area contributed by atoms with Crippen LogP contribution in [0.2, 0.25) is 0 Å². The fraction of sp³-hybridized carbons (Fsp3) is 0.412. The van der Waals surface area contributed by atoms with E-state index in [1.165, 1.54) is 4.57 Å². The number of aryl methyl sites for hydroxylation is 2. The molecular weight excluding hydrogens is 441 g/mol. The molecule has 0 aromatic heterocycles. The minimum absolute atomic E-state index is 0.142. The summed E-state index contributed by atoms with van der Waals surface area (Å²) in [6.45, 7) is 2.29. The highest BCUT2D eigenvalue weighted by atomic mass is 31.2. The van der Waals surface area contributed by atoms with Crippen LogP contribution < -0.4 is 11.2 Å². The number of aromatic nitrogens is 4. The Kier molecular flexibility index (Phi) is 6.39. The lowest BCUT2D eigenvalue weighted by Gasteiger charge is -2.25. The van der Waals surface area contributed by atoms with Crippen molar-refractivity contribution in [1.82, 2.24) is 19.5 Å². The summed E-state index contributed by atoms with van der Waals surface area (Å²) < 4.78 is 16.2. The number of aliphatic hydroxyl groups is 3. The Bertz CT molecular complexity index is 1250. The average Bonchev–Trinajstić information content (AvgIpc) is 2.67. The second-order valence-electron chi connectivity index (χ2n) is 7.10. The van der Waals surface area contributed by atoms with E-state index in [2.05, 4.69) is 14.5 Å². The van der Waals surface area contributed by atoms with Crippen LogP contribution in [0.1, 0.15) is 11.1 Å². The van der Waals surface area contributed by atoms with Gasteiger partial charge in [0.15, 0.2) is 11.5 Å². The van der Waals surface area contributed by atoms with Crippen molar-refractivity contribution in [2.24, 2.45) is 0 Å². The van der Waals surface area contributed by atoms with Crippen molar-refractivity contribution in [3.05, 3.63) is 44.1 Å². The molecule has 0 aliphatic carbocycles. The fourth-order valence-corrected chi connectivity index (χ4v) is 3.41. The third-order valence-electron chi connectivity index (χ3n) is 4.80. The summed E-state index contributed by atoms with van der Waals surface area (Å²) in [6, 6.07) is 3.41. The first-order valence-corrected chi connectivity index (χ1v) is 10.6. The first-order chi connectivity index (χ1) is 14.4. The lowest BCUT2D eigenvalue weighted by molar-refractivity contribution is -0.0793. The van der Waals surface area contributed by atoms with Crippen LogP contribution in [0.3, 0.4) is 0 Å². The minimum atomic E-state index is -4.89. The van der Waals surface area contributed by atoms with Crippen molar-refractivity contribution < 1.29 is 34.2 Å². The maximum atomic E-state index is 12.2. The van der Waals surface area contributed by atoms with Crippen LogP contribution in [0.25, 0.3) is 22.6 Å². The van der Waals surface area contributed by atoms with Crippen LogP contribution in [0.15, 0.2) is 21.7 Å². The Hall–Kier alpha value is -2.51. The number of phosphoric acid groups is 1. The molecule has 31 heavy (non-hydrogen) atoms. The van der Waals surface area contributed by atoms with E-state index < -0.39 is 50.5 Å². The van der Waals surface area contributed by atoms with Gasteiger partial charge in [0.25, 0.3) is 5.56 Å². The predicted octanol–water partition coefficient (Wildman–Crippen LogP) is -1.61. The van der Waals surface area contributed by atoms with Crippen molar-refractivity contribution in [1.29, 1.82) is 0 Å². The lowest BCUT2D eigenvalue weighted by Crippen LogP contribution is -2.42. The number of nitrogens with zero attached hydrogens (tertiary/aromatic N) is 3. The van der Waals surface area contributed by atoms with Crippen molar-refractivity contribution in [2.45, 2.75) is 38.7 Å². The van der Waals surface area contributed by atoms with E-state index in [9.17, 15) is 29.5 Å². The molecule has 13 nitrogen and oxygen atoms in total. The third-order valence-corrected chi connectivity index (χ3v) is 5.28. The predicted molar refractivity (Wildman–Crippen MR) is 107 cm³/mol. The van der Waals surface area contributed by atoms with Crippen LogP contribution in [0.4, 0.5) is 0 Å². The molecule has 0 bridgehead atoms. The Morgan fingerprint density at radius 3 is 2.39 bits per heavy atom. The fourth-order valence-electron chi connectivity index (χ4n) is 3.06. The topological polar surface area (TPSA) is 208 Å². The van der Waals surface area contributed by atoms with Crippen LogP contribution in [-0.2, 0) is 15.6 Å². The van der Waals surface area contributed by atoms with E-state index in [-0.39, 0.29) is 11.5 Å². The Morgan fingerprint density at radius 1 is 1.10 bits per heavy atom. The maximum Gasteiger partial charge on any atom is 0.469 e. The van der Waals surface area contributed by atoms with Gasteiger partial charge in [-0.25, -0.2) is 14.3 Å². The molecule has 2 aliphatic heterocycles. The number of aliphatic hydroxyl groups excluding tert-OH is 3. The molecule has 2 aliphatic rings. The van der Waals surface area contributed by atoms with Gasteiger partial charge in [-0.15, -0.1) is 0 Å².